The van der Waals surface area contributed by atoms with Crippen molar-refractivity contribution in [3.05, 3.63) is 35.9 Å². The number of nitrogens with two attached hydrogens (primary N) is 1. The van der Waals surface area contributed by atoms with Crippen LogP contribution in [0.15, 0.2) is 35.3 Å². The number of benzene rings is 1. The molecule has 2 N–H and O–H groups in total. The van der Waals surface area contributed by atoms with Crippen LogP contribution in [0.3, 0.4) is 0 Å². The molecule has 0 saturated carbocycles. The van der Waals surface area contributed by atoms with E-state index in [1.807, 2.05) is 37.3 Å². The van der Waals surface area contributed by atoms with Crippen molar-refractivity contribution in [1.82, 2.24) is 0 Å². The molecule has 0 saturated heterocycles. The van der Waals surface area contributed by atoms with Gasteiger partial charge in [0.1, 0.15) is 6.10 Å². The number of rotatable bonds is 1. The van der Waals surface area contributed by atoms with Crippen molar-refractivity contribution in [1.29, 1.82) is 0 Å². The fraction of sp³-hybridized carbons (Fsp3) is 0.300. The maximum Gasteiger partial charge on any atom is 0.283 e. The smallest absolute Gasteiger partial charge is 0.283 e. The fourth-order valence-electron chi connectivity index (χ4n) is 1.52. The van der Waals surface area contributed by atoms with Gasteiger partial charge in [-0.3, -0.25) is 0 Å². The summed E-state index contributed by atoms with van der Waals surface area (Å²) in [6, 6.07) is 10.4. The van der Waals surface area contributed by atoms with Crippen molar-refractivity contribution in [3.8, 4) is 0 Å². The molecule has 3 nitrogen and oxygen atoms in total. The van der Waals surface area contributed by atoms with Crippen LogP contribution in [-0.4, -0.2) is 12.1 Å². The Labute approximate surface area is 93.7 Å². The number of hydrogen-bond donors (Lipinski definition) is 1. The maximum atomic E-state index is 5.48. The van der Waals surface area contributed by atoms with Crippen molar-refractivity contribution in [2.75, 3.05) is 0 Å². The van der Waals surface area contributed by atoms with E-state index < -0.39 is 0 Å². The van der Waals surface area contributed by atoms with Gasteiger partial charge in [-0.05, 0) is 12.5 Å². The Hall–Kier alpha value is -1.03. The number of hydrogen-bond acceptors (Lipinski definition) is 3. The average molecular weight is 257 g/mol. The normalized spacial score (nSPS) is 24.8. The highest BCUT2D eigenvalue weighted by molar-refractivity contribution is 8.93. The fourth-order valence-corrected chi connectivity index (χ4v) is 1.52. The summed E-state index contributed by atoms with van der Waals surface area (Å²) in [7, 11) is 0. The largest absolute Gasteiger partial charge is 0.455 e. The molecule has 2 atom stereocenters. The van der Waals surface area contributed by atoms with E-state index in [4.69, 9.17) is 10.5 Å². The number of aliphatic imine (C=N–C) groups is 1. The zero-order chi connectivity index (χ0) is 9.26. The number of halogens is 1. The summed E-state index contributed by atoms with van der Waals surface area (Å²) < 4.78 is 5.39. The van der Waals surface area contributed by atoms with Gasteiger partial charge in [-0.15, -0.1) is 17.0 Å². The third-order valence-corrected chi connectivity index (χ3v) is 2.14. The molecule has 0 aromatic heterocycles. The van der Waals surface area contributed by atoms with Crippen LogP contribution in [0.1, 0.15) is 18.6 Å². The van der Waals surface area contributed by atoms with Crippen LogP contribution in [0, 0.1) is 0 Å². The first-order valence-electron chi connectivity index (χ1n) is 4.32. The molecule has 0 bridgehead atoms. The molecule has 1 heterocycles. The first-order chi connectivity index (χ1) is 6.27. The molecule has 1 aliphatic heterocycles. The molecule has 0 amide bonds. The highest BCUT2D eigenvalue weighted by Gasteiger charge is 2.26. The highest BCUT2D eigenvalue weighted by Crippen LogP contribution is 2.27. The van der Waals surface area contributed by atoms with E-state index in [1.165, 1.54) is 0 Å². The second kappa shape index (κ2) is 4.46. The average Bonchev–Trinajstić information content (AvgIpc) is 2.47. The van der Waals surface area contributed by atoms with Gasteiger partial charge in [0.25, 0.3) is 6.02 Å². The Kier molecular flexibility index (Phi) is 3.52. The maximum absolute atomic E-state index is 5.48. The van der Waals surface area contributed by atoms with E-state index in [0.29, 0.717) is 6.02 Å². The van der Waals surface area contributed by atoms with E-state index >= 15 is 0 Å². The predicted octanol–water partition coefficient (Wildman–Crippen LogP) is 2.04. The third kappa shape index (κ3) is 2.07. The monoisotopic (exact) mass is 256 g/mol. The van der Waals surface area contributed by atoms with Crippen LogP contribution in [0.2, 0.25) is 0 Å². The van der Waals surface area contributed by atoms with Crippen LogP contribution in [0.25, 0.3) is 0 Å². The lowest BCUT2D eigenvalue weighted by Crippen LogP contribution is -2.14. The van der Waals surface area contributed by atoms with Gasteiger partial charge in [0, 0.05) is 0 Å². The molecule has 0 fully saturated rings. The molecule has 0 spiro atoms. The lowest BCUT2D eigenvalue weighted by Gasteiger charge is -2.13. The molecular formula is C10H13BrN2O. The Bertz CT molecular complexity index is 326. The molecule has 0 radical (unpaired) electrons. The van der Waals surface area contributed by atoms with Crippen molar-refractivity contribution in [2.45, 2.75) is 19.1 Å². The summed E-state index contributed by atoms with van der Waals surface area (Å²) in [4.78, 5) is 4.12. The first kappa shape index (κ1) is 11.0. The lowest BCUT2D eigenvalue weighted by atomic mass is 10.0. The van der Waals surface area contributed by atoms with Gasteiger partial charge in [-0.25, -0.2) is 4.99 Å². The second-order valence-corrected chi connectivity index (χ2v) is 3.16. The molecule has 1 aromatic rings. The summed E-state index contributed by atoms with van der Waals surface area (Å²) in [5.74, 6) is 0. The van der Waals surface area contributed by atoms with E-state index in [9.17, 15) is 0 Å². The highest BCUT2D eigenvalue weighted by atomic mass is 79.9. The standard InChI is InChI=1S/C10H12N2O.BrH/c1-7-9(13-10(11)12-7)8-5-3-2-4-6-8;/h2-7,9H,1H3,(H2,11,12);1H. The molecule has 1 aromatic carbocycles. The zero-order valence-corrected chi connectivity index (χ0v) is 9.60. The lowest BCUT2D eigenvalue weighted by molar-refractivity contribution is 0.199. The van der Waals surface area contributed by atoms with Gasteiger partial charge in [0.15, 0.2) is 0 Å². The summed E-state index contributed by atoms with van der Waals surface area (Å²) in [6.45, 7) is 2.00. The third-order valence-electron chi connectivity index (χ3n) is 2.14. The second-order valence-electron chi connectivity index (χ2n) is 3.16. The van der Waals surface area contributed by atoms with Crippen LogP contribution in [-0.2, 0) is 4.74 Å². The minimum atomic E-state index is -0.0128. The van der Waals surface area contributed by atoms with Crippen molar-refractivity contribution in [2.24, 2.45) is 10.7 Å². The number of amidine groups is 1. The number of ether oxygens (including phenoxy) is 1. The van der Waals surface area contributed by atoms with Crippen LogP contribution in [0.5, 0.6) is 0 Å². The molecule has 0 aliphatic carbocycles. The van der Waals surface area contributed by atoms with Gasteiger partial charge in [-0.1, -0.05) is 30.3 Å². The topological polar surface area (TPSA) is 47.6 Å². The summed E-state index contributed by atoms with van der Waals surface area (Å²) in [5, 5.41) is 0. The molecule has 14 heavy (non-hydrogen) atoms. The van der Waals surface area contributed by atoms with Crippen LogP contribution >= 0.6 is 17.0 Å². The molecule has 4 heteroatoms. The zero-order valence-electron chi connectivity index (χ0n) is 7.88. The SMILES string of the molecule is Br.CC1N=C(N)OC1c1ccccc1. The van der Waals surface area contributed by atoms with Crippen molar-refractivity contribution >= 4 is 23.0 Å². The van der Waals surface area contributed by atoms with Crippen molar-refractivity contribution < 1.29 is 4.74 Å². The quantitative estimate of drug-likeness (QED) is 0.836. The van der Waals surface area contributed by atoms with Crippen LogP contribution < -0.4 is 5.73 Å². The molecule has 76 valence electrons. The Balaban J connectivity index is 0.000000980. The molecule has 2 unspecified atom stereocenters. The van der Waals surface area contributed by atoms with E-state index in [-0.39, 0.29) is 29.1 Å². The van der Waals surface area contributed by atoms with E-state index in [1.54, 1.807) is 0 Å². The summed E-state index contributed by atoms with van der Waals surface area (Å²) in [5.41, 5.74) is 6.60. The summed E-state index contributed by atoms with van der Waals surface area (Å²) in [6.07, 6.45) is -0.0128. The van der Waals surface area contributed by atoms with E-state index in [2.05, 4.69) is 4.99 Å². The Morgan fingerprint density at radius 1 is 1.29 bits per heavy atom. The molecule has 1 aliphatic rings. The van der Waals surface area contributed by atoms with Gasteiger partial charge in [0.2, 0.25) is 0 Å². The van der Waals surface area contributed by atoms with Gasteiger partial charge < -0.3 is 10.5 Å². The molecule has 2 rings (SSSR count). The minimum Gasteiger partial charge on any atom is -0.455 e. The molecular weight excluding hydrogens is 244 g/mol. The number of nitrogens with zero attached hydrogens (tertiary/aromatic N) is 1. The minimum absolute atomic E-state index is 0. The van der Waals surface area contributed by atoms with Gasteiger partial charge >= 0.3 is 0 Å². The van der Waals surface area contributed by atoms with Crippen LogP contribution in [0.4, 0.5) is 0 Å². The first-order valence-corrected chi connectivity index (χ1v) is 4.32. The Morgan fingerprint density at radius 3 is 2.43 bits per heavy atom. The van der Waals surface area contributed by atoms with Crippen molar-refractivity contribution in [3.63, 3.8) is 0 Å². The Morgan fingerprint density at radius 2 is 1.93 bits per heavy atom. The van der Waals surface area contributed by atoms with E-state index in [0.717, 1.165) is 5.56 Å². The summed E-state index contributed by atoms with van der Waals surface area (Å²) >= 11 is 0. The van der Waals surface area contributed by atoms with Gasteiger partial charge in [-0.2, -0.15) is 0 Å². The van der Waals surface area contributed by atoms with Gasteiger partial charge in [0.05, 0.1) is 6.04 Å². The predicted molar refractivity (Wildman–Crippen MR) is 61.7 cm³/mol.